The predicted molar refractivity (Wildman–Crippen MR) is 110 cm³/mol. The number of nitrogens with zero attached hydrogens (tertiary/aromatic N) is 1. The molecule has 2 N–H and O–H groups in total. The lowest BCUT2D eigenvalue weighted by Crippen LogP contribution is -2.29. The molecular formula is C21H23N3O6. The molecule has 0 aromatic heterocycles. The van der Waals surface area contributed by atoms with E-state index in [9.17, 15) is 24.5 Å². The molecule has 0 fully saturated rings. The van der Waals surface area contributed by atoms with Crippen LogP contribution in [0, 0.1) is 23.0 Å². The van der Waals surface area contributed by atoms with Crippen LogP contribution in [0.5, 0.6) is 0 Å². The number of carbonyl (C=O) groups excluding carboxylic acids is 3. The van der Waals surface area contributed by atoms with Crippen molar-refractivity contribution < 1.29 is 24.0 Å². The first kappa shape index (κ1) is 22.5. The number of esters is 1. The van der Waals surface area contributed by atoms with E-state index in [1.807, 2.05) is 13.8 Å². The number of benzene rings is 2. The van der Waals surface area contributed by atoms with Crippen molar-refractivity contribution in [2.75, 3.05) is 18.5 Å². The summed E-state index contributed by atoms with van der Waals surface area (Å²) < 4.78 is 4.98. The van der Waals surface area contributed by atoms with E-state index in [4.69, 9.17) is 4.74 Å². The van der Waals surface area contributed by atoms with Gasteiger partial charge in [0.25, 0.3) is 17.5 Å². The summed E-state index contributed by atoms with van der Waals surface area (Å²) in [6.07, 6.45) is 0. The first-order valence-corrected chi connectivity index (χ1v) is 9.28. The Morgan fingerprint density at radius 1 is 1.13 bits per heavy atom. The normalized spacial score (nSPS) is 10.4. The highest BCUT2D eigenvalue weighted by Gasteiger charge is 2.17. The summed E-state index contributed by atoms with van der Waals surface area (Å²) in [4.78, 5) is 46.9. The van der Waals surface area contributed by atoms with Crippen LogP contribution in [0.1, 0.15) is 40.1 Å². The van der Waals surface area contributed by atoms with Crippen LogP contribution < -0.4 is 10.6 Å². The lowest BCUT2D eigenvalue weighted by Gasteiger charge is -2.12. The van der Waals surface area contributed by atoms with Gasteiger partial charge >= 0.3 is 5.97 Å². The Morgan fingerprint density at radius 2 is 1.83 bits per heavy atom. The van der Waals surface area contributed by atoms with Crippen LogP contribution in [-0.2, 0) is 9.53 Å². The highest BCUT2D eigenvalue weighted by molar-refractivity contribution is 6.04. The molecule has 0 unspecified atom stereocenters. The minimum absolute atomic E-state index is 0.0966. The van der Waals surface area contributed by atoms with Gasteiger partial charge in [0.2, 0.25) is 0 Å². The molecule has 0 aliphatic carbocycles. The number of ether oxygens (including phenoxy) is 1. The molecule has 0 aliphatic rings. The van der Waals surface area contributed by atoms with Crippen LogP contribution in [0.4, 0.5) is 11.4 Å². The molecule has 2 rings (SSSR count). The zero-order valence-corrected chi connectivity index (χ0v) is 16.9. The van der Waals surface area contributed by atoms with E-state index in [-0.39, 0.29) is 23.1 Å². The van der Waals surface area contributed by atoms with Crippen LogP contribution in [-0.4, -0.2) is 35.9 Å². The Morgan fingerprint density at radius 3 is 2.47 bits per heavy atom. The summed E-state index contributed by atoms with van der Waals surface area (Å²) in [5.41, 5.74) is 0.881. The molecule has 0 spiro atoms. The third-order valence-corrected chi connectivity index (χ3v) is 4.08. The Balaban J connectivity index is 1.98. The van der Waals surface area contributed by atoms with Gasteiger partial charge < -0.3 is 15.4 Å². The number of carbonyl (C=O) groups is 3. The van der Waals surface area contributed by atoms with Crippen molar-refractivity contribution in [2.45, 2.75) is 20.8 Å². The zero-order valence-electron chi connectivity index (χ0n) is 16.9. The summed E-state index contributed by atoms with van der Waals surface area (Å²) in [5, 5.41) is 16.2. The number of nitro groups is 1. The maximum atomic E-state index is 12.3. The van der Waals surface area contributed by atoms with E-state index in [1.165, 1.54) is 25.1 Å². The molecule has 2 aromatic carbocycles. The van der Waals surface area contributed by atoms with E-state index in [0.29, 0.717) is 23.4 Å². The number of hydrogen-bond donors (Lipinski definition) is 2. The predicted octanol–water partition coefficient (Wildman–Crippen LogP) is 3.08. The third kappa shape index (κ3) is 6.13. The Hall–Kier alpha value is -3.75. The van der Waals surface area contributed by atoms with Crippen molar-refractivity contribution in [3.8, 4) is 0 Å². The Labute approximate surface area is 173 Å². The van der Waals surface area contributed by atoms with Gasteiger partial charge in [-0.05, 0) is 37.1 Å². The lowest BCUT2D eigenvalue weighted by atomic mass is 10.1. The number of nitro benzene ring substituents is 1. The Kier molecular flexibility index (Phi) is 7.62. The molecule has 0 radical (unpaired) electrons. The van der Waals surface area contributed by atoms with E-state index in [2.05, 4.69) is 10.6 Å². The molecule has 158 valence electrons. The molecule has 0 saturated carbocycles. The SMILES string of the molecule is Cc1cc(C(=O)OCC(=O)Nc2ccccc2C(=O)NCC(C)C)ccc1[N+](=O)[O-]. The number of para-hydroxylation sites is 1. The van der Waals surface area contributed by atoms with Crippen LogP contribution in [0.15, 0.2) is 42.5 Å². The molecule has 0 aliphatic heterocycles. The van der Waals surface area contributed by atoms with Gasteiger partial charge in [-0.2, -0.15) is 0 Å². The van der Waals surface area contributed by atoms with Crippen LogP contribution >= 0.6 is 0 Å². The van der Waals surface area contributed by atoms with Crippen molar-refractivity contribution in [3.05, 3.63) is 69.3 Å². The van der Waals surface area contributed by atoms with E-state index in [1.54, 1.807) is 24.3 Å². The second kappa shape index (κ2) is 10.1. The molecule has 0 atom stereocenters. The van der Waals surface area contributed by atoms with Crippen molar-refractivity contribution in [2.24, 2.45) is 5.92 Å². The van der Waals surface area contributed by atoms with Crippen LogP contribution in [0.2, 0.25) is 0 Å². The van der Waals surface area contributed by atoms with Gasteiger partial charge in [0.1, 0.15) is 0 Å². The average molecular weight is 413 g/mol. The maximum absolute atomic E-state index is 12.3. The van der Waals surface area contributed by atoms with E-state index < -0.39 is 23.4 Å². The molecule has 0 saturated heterocycles. The molecule has 30 heavy (non-hydrogen) atoms. The standard InChI is InChI=1S/C21H23N3O6/c1-13(2)11-22-20(26)16-6-4-5-7-17(16)23-19(25)12-30-21(27)15-8-9-18(24(28)29)14(3)10-15/h4-10,13H,11-12H2,1-3H3,(H,22,26)(H,23,25). The fraction of sp³-hybridized carbons (Fsp3) is 0.286. The van der Waals surface area contributed by atoms with Crippen molar-refractivity contribution in [1.29, 1.82) is 0 Å². The topological polar surface area (TPSA) is 128 Å². The van der Waals surface area contributed by atoms with Gasteiger partial charge in [-0.15, -0.1) is 0 Å². The lowest BCUT2D eigenvalue weighted by molar-refractivity contribution is -0.385. The van der Waals surface area contributed by atoms with Crippen LogP contribution in [0.25, 0.3) is 0 Å². The van der Waals surface area contributed by atoms with E-state index >= 15 is 0 Å². The molecule has 9 nitrogen and oxygen atoms in total. The second-order valence-electron chi connectivity index (χ2n) is 7.03. The molecule has 9 heteroatoms. The smallest absolute Gasteiger partial charge is 0.338 e. The number of amides is 2. The number of anilines is 1. The number of nitrogens with one attached hydrogen (secondary N) is 2. The second-order valence-corrected chi connectivity index (χ2v) is 7.03. The fourth-order valence-electron chi connectivity index (χ4n) is 2.57. The van der Waals surface area contributed by atoms with Gasteiger partial charge in [0.05, 0.1) is 21.7 Å². The highest BCUT2D eigenvalue weighted by atomic mass is 16.6. The average Bonchev–Trinajstić information content (AvgIpc) is 2.70. The van der Waals surface area contributed by atoms with E-state index in [0.717, 1.165) is 0 Å². The Bertz CT molecular complexity index is 971. The molecular weight excluding hydrogens is 390 g/mol. The quantitative estimate of drug-likeness (QED) is 0.389. The fourth-order valence-corrected chi connectivity index (χ4v) is 2.57. The third-order valence-electron chi connectivity index (χ3n) is 4.08. The summed E-state index contributed by atoms with van der Waals surface area (Å²) in [6, 6.07) is 10.3. The van der Waals surface area contributed by atoms with Crippen molar-refractivity contribution in [3.63, 3.8) is 0 Å². The van der Waals surface area contributed by atoms with Gasteiger partial charge in [-0.1, -0.05) is 26.0 Å². The maximum Gasteiger partial charge on any atom is 0.338 e. The molecule has 0 heterocycles. The zero-order chi connectivity index (χ0) is 22.3. The van der Waals surface area contributed by atoms with Gasteiger partial charge in [0, 0.05) is 18.2 Å². The van der Waals surface area contributed by atoms with Crippen LogP contribution in [0.3, 0.4) is 0 Å². The van der Waals surface area contributed by atoms with Gasteiger partial charge in [-0.25, -0.2) is 4.79 Å². The summed E-state index contributed by atoms with van der Waals surface area (Å²) >= 11 is 0. The largest absolute Gasteiger partial charge is 0.452 e. The van der Waals surface area contributed by atoms with Gasteiger partial charge in [0.15, 0.2) is 6.61 Å². The summed E-state index contributed by atoms with van der Waals surface area (Å²) in [6.45, 7) is 5.36. The minimum atomic E-state index is -0.786. The number of rotatable bonds is 8. The van der Waals surface area contributed by atoms with Gasteiger partial charge in [-0.3, -0.25) is 19.7 Å². The summed E-state index contributed by atoms with van der Waals surface area (Å²) in [5.74, 6) is -1.45. The molecule has 2 aromatic rings. The monoisotopic (exact) mass is 413 g/mol. The number of hydrogen-bond acceptors (Lipinski definition) is 6. The van der Waals surface area contributed by atoms with Crippen molar-refractivity contribution in [1.82, 2.24) is 5.32 Å². The molecule has 0 bridgehead atoms. The number of aryl methyl sites for hydroxylation is 1. The minimum Gasteiger partial charge on any atom is -0.452 e. The summed E-state index contributed by atoms with van der Waals surface area (Å²) in [7, 11) is 0. The highest BCUT2D eigenvalue weighted by Crippen LogP contribution is 2.19. The van der Waals surface area contributed by atoms with Crippen molar-refractivity contribution >= 4 is 29.2 Å². The first-order valence-electron chi connectivity index (χ1n) is 9.28. The first-order chi connectivity index (χ1) is 14.2. The molecule has 2 amide bonds.